The van der Waals surface area contributed by atoms with Gasteiger partial charge in [-0.2, -0.15) is 5.26 Å². The molecule has 80 valence electrons. The highest BCUT2D eigenvalue weighted by Crippen LogP contribution is 2.08. The van der Waals surface area contributed by atoms with E-state index in [1.165, 1.54) is 0 Å². The summed E-state index contributed by atoms with van der Waals surface area (Å²) in [6.07, 6.45) is 0.396. The maximum atomic E-state index is 11.3. The quantitative estimate of drug-likeness (QED) is 0.696. The van der Waals surface area contributed by atoms with E-state index in [4.69, 9.17) is 5.26 Å². The number of benzene rings is 1. The SMILES string of the molecule is N#Cc1cccc(CC2NC(=O)NC2=O)c1. The van der Waals surface area contributed by atoms with Gasteiger partial charge in [-0.05, 0) is 17.7 Å². The minimum Gasteiger partial charge on any atom is -0.326 e. The molecular weight excluding hydrogens is 206 g/mol. The van der Waals surface area contributed by atoms with Crippen molar-refractivity contribution >= 4 is 11.9 Å². The number of amides is 3. The van der Waals surface area contributed by atoms with Crippen LogP contribution in [0.4, 0.5) is 4.79 Å². The zero-order valence-corrected chi connectivity index (χ0v) is 8.36. The lowest BCUT2D eigenvalue weighted by molar-refractivity contribution is -0.120. The van der Waals surface area contributed by atoms with E-state index in [2.05, 4.69) is 10.6 Å². The number of carbonyl (C=O) groups is 2. The largest absolute Gasteiger partial charge is 0.326 e. The Bertz CT molecular complexity index is 490. The van der Waals surface area contributed by atoms with Crippen LogP contribution in [0.3, 0.4) is 0 Å². The summed E-state index contributed by atoms with van der Waals surface area (Å²) in [5.74, 6) is -0.327. The van der Waals surface area contributed by atoms with E-state index < -0.39 is 12.1 Å². The first-order valence-electron chi connectivity index (χ1n) is 4.79. The first-order valence-corrected chi connectivity index (χ1v) is 4.79. The number of carbonyl (C=O) groups excluding carboxylic acids is 2. The number of imide groups is 1. The van der Waals surface area contributed by atoms with Gasteiger partial charge in [-0.25, -0.2) is 4.79 Å². The van der Waals surface area contributed by atoms with Crippen molar-refractivity contribution < 1.29 is 9.59 Å². The number of nitrogens with zero attached hydrogens (tertiary/aromatic N) is 1. The molecule has 0 bridgehead atoms. The highest BCUT2D eigenvalue weighted by atomic mass is 16.2. The molecule has 0 aromatic heterocycles. The lowest BCUT2D eigenvalue weighted by atomic mass is 10.0. The summed E-state index contributed by atoms with van der Waals surface area (Å²) in [5.41, 5.74) is 1.39. The Kier molecular flexibility index (Phi) is 2.56. The zero-order valence-electron chi connectivity index (χ0n) is 8.36. The normalized spacial score (nSPS) is 18.8. The van der Waals surface area contributed by atoms with Crippen LogP contribution in [-0.4, -0.2) is 18.0 Å². The molecular formula is C11H9N3O2. The van der Waals surface area contributed by atoms with Crippen molar-refractivity contribution in [3.8, 4) is 6.07 Å². The van der Waals surface area contributed by atoms with Crippen LogP contribution in [0.1, 0.15) is 11.1 Å². The highest BCUT2D eigenvalue weighted by Gasteiger charge is 2.29. The van der Waals surface area contributed by atoms with E-state index in [-0.39, 0.29) is 5.91 Å². The Labute approximate surface area is 92.1 Å². The molecule has 1 aromatic carbocycles. The number of nitrogens with one attached hydrogen (secondary N) is 2. The Morgan fingerprint density at radius 2 is 2.19 bits per heavy atom. The predicted octanol–water partition coefficient (Wildman–Crippen LogP) is 0.309. The highest BCUT2D eigenvalue weighted by molar-refractivity contribution is 6.04. The van der Waals surface area contributed by atoms with Crippen LogP contribution in [0.2, 0.25) is 0 Å². The fourth-order valence-electron chi connectivity index (χ4n) is 1.61. The van der Waals surface area contributed by atoms with E-state index in [1.54, 1.807) is 18.2 Å². The summed E-state index contributed by atoms with van der Waals surface area (Å²) < 4.78 is 0. The van der Waals surface area contributed by atoms with Crippen molar-refractivity contribution in [1.82, 2.24) is 10.6 Å². The van der Waals surface area contributed by atoms with Crippen molar-refractivity contribution in [3.05, 3.63) is 35.4 Å². The third-order valence-corrected chi connectivity index (χ3v) is 2.35. The molecule has 0 spiro atoms. The second kappa shape index (κ2) is 4.03. The Balaban J connectivity index is 2.12. The standard InChI is InChI=1S/C11H9N3O2/c12-6-8-3-1-2-7(4-8)5-9-10(15)14-11(16)13-9/h1-4,9H,5H2,(H2,13,14,15,16). The third kappa shape index (κ3) is 2.01. The van der Waals surface area contributed by atoms with Gasteiger partial charge < -0.3 is 5.32 Å². The minimum atomic E-state index is -0.540. The van der Waals surface area contributed by atoms with Crippen LogP contribution in [0, 0.1) is 11.3 Å². The van der Waals surface area contributed by atoms with Gasteiger partial charge in [0.2, 0.25) is 0 Å². The molecule has 1 aromatic rings. The molecule has 0 radical (unpaired) electrons. The van der Waals surface area contributed by atoms with Crippen molar-refractivity contribution in [3.63, 3.8) is 0 Å². The average Bonchev–Trinajstić information content (AvgIpc) is 2.58. The van der Waals surface area contributed by atoms with E-state index in [0.29, 0.717) is 12.0 Å². The van der Waals surface area contributed by atoms with E-state index in [1.807, 2.05) is 12.1 Å². The fraction of sp³-hybridized carbons (Fsp3) is 0.182. The lowest BCUT2D eigenvalue weighted by Gasteiger charge is -2.06. The maximum absolute atomic E-state index is 11.3. The molecule has 1 saturated heterocycles. The van der Waals surface area contributed by atoms with Gasteiger partial charge in [-0.15, -0.1) is 0 Å². The summed E-state index contributed by atoms with van der Waals surface area (Å²) in [6, 6.07) is 7.99. The molecule has 5 heteroatoms. The van der Waals surface area contributed by atoms with Gasteiger partial charge in [-0.1, -0.05) is 12.1 Å². The summed E-state index contributed by atoms with van der Waals surface area (Å²) in [6.45, 7) is 0. The zero-order chi connectivity index (χ0) is 11.5. The summed E-state index contributed by atoms with van der Waals surface area (Å²) in [4.78, 5) is 22.2. The van der Waals surface area contributed by atoms with Gasteiger partial charge in [-0.3, -0.25) is 10.1 Å². The van der Waals surface area contributed by atoms with Gasteiger partial charge in [0.1, 0.15) is 6.04 Å². The molecule has 0 aliphatic carbocycles. The second-order valence-corrected chi connectivity index (χ2v) is 3.53. The first-order chi connectivity index (χ1) is 7.69. The van der Waals surface area contributed by atoms with E-state index in [0.717, 1.165) is 5.56 Å². The minimum absolute atomic E-state index is 0.327. The molecule has 2 rings (SSSR count). The van der Waals surface area contributed by atoms with Crippen LogP contribution in [-0.2, 0) is 11.2 Å². The molecule has 5 nitrogen and oxygen atoms in total. The molecule has 1 atom stereocenters. The van der Waals surface area contributed by atoms with Crippen molar-refractivity contribution in [2.45, 2.75) is 12.5 Å². The lowest BCUT2D eigenvalue weighted by Crippen LogP contribution is -2.31. The molecule has 0 saturated carbocycles. The van der Waals surface area contributed by atoms with Crippen molar-refractivity contribution in [2.75, 3.05) is 0 Å². The number of hydrogen-bond donors (Lipinski definition) is 2. The monoisotopic (exact) mass is 215 g/mol. The van der Waals surface area contributed by atoms with Crippen LogP contribution in [0.5, 0.6) is 0 Å². The summed E-state index contributed by atoms with van der Waals surface area (Å²) in [5, 5.41) is 13.4. The van der Waals surface area contributed by atoms with Gasteiger partial charge >= 0.3 is 6.03 Å². The molecule has 1 aliphatic heterocycles. The maximum Gasteiger partial charge on any atom is 0.322 e. The Morgan fingerprint density at radius 3 is 2.81 bits per heavy atom. The average molecular weight is 215 g/mol. The smallest absolute Gasteiger partial charge is 0.322 e. The van der Waals surface area contributed by atoms with Crippen molar-refractivity contribution in [2.24, 2.45) is 0 Å². The predicted molar refractivity (Wildman–Crippen MR) is 55.3 cm³/mol. The topological polar surface area (TPSA) is 82.0 Å². The van der Waals surface area contributed by atoms with Crippen LogP contribution in [0.25, 0.3) is 0 Å². The van der Waals surface area contributed by atoms with E-state index >= 15 is 0 Å². The van der Waals surface area contributed by atoms with Crippen LogP contribution in [0.15, 0.2) is 24.3 Å². The molecule has 1 heterocycles. The Morgan fingerprint density at radius 1 is 1.38 bits per heavy atom. The number of rotatable bonds is 2. The molecule has 1 aliphatic rings. The fourth-order valence-corrected chi connectivity index (χ4v) is 1.61. The number of hydrogen-bond acceptors (Lipinski definition) is 3. The number of urea groups is 1. The number of nitriles is 1. The van der Waals surface area contributed by atoms with Gasteiger partial charge in [0.15, 0.2) is 0 Å². The van der Waals surface area contributed by atoms with Gasteiger partial charge in [0.25, 0.3) is 5.91 Å². The molecule has 16 heavy (non-hydrogen) atoms. The van der Waals surface area contributed by atoms with Gasteiger partial charge in [0.05, 0.1) is 11.6 Å². The van der Waals surface area contributed by atoms with Crippen molar-refractivity contribution in [1.29, 1.82) is 5.26 Å². The van der Waals surface area contributed by atoms with Crippen LogP contribution >= 0.6 is 0 Å². The molecule has 1 unspecified atom stereocenters. The first kappa shape index (κ1) is 10.2. The molecule has 1 fully saturated rings. The van der Waals surface area contributed by atoms with E-state index in [9.17, 15) is 9.59 Å². The van der Waals surface area contributed by atoms with Gasteiger partial charge in [0, 0.05) is 6.42 Å². The summed E-state index contributed by atoms with van der Waals surface area (Å²) in [7, 11) is 0. The molecule has 3 amide bonds. The second-order valence-electron chi connectivity index (χ2n) is 3.53. The summed E-state index contributed by atoms with van der Waals surface area (Å²) >= 11 is 0. The Hall–Kier alpha value is -2.35. The van der Waals surface area contributed by atoms with Crippen LogP contribution < -0.4 is 10.6 Å². The third-order valence-electron chi connectivity index (χ3n) is 2.35. The molecule has 2 N–H and O–H groups in total.